The molecule has 0 radical (unpaired) electrons. The second kappa shape index (κ2) is 21.8. The molecule has 2 amide bonds. The van der Waals surface area contributed by atoms with E-state index in [1.807, 2.05) is 78.9 Å². The van der Waals surface area contributed by atoms with E-state index in [9.17, 15) is 24.3 Å². The predicted octanol–water partition coefficient (Wildman–Crippen LogP) is 5.58. The highest BCUT2D eigenvalue weighted by Crippen LogP contribution is 2.19. The molecule has 3 aromatic rings. The van der Waals surface area contributed by atoms with E-state index in [2.05, 4.69) is 18.5 Å². The number of aliphatic hydroxyl groups is 1. The van der Waals surface area contributed by atoms with Gasteiger partial charge in [-0.1, -0.05) is 103 Å². The van der Waals surface area contributed by atoms with Gasteiger partial charge in [0.15, 0.2) is 6.04 Å². The summed E-state index contributed by atoms with van der Waals surface area (Å²) in [5.41, 5.74) is 2.61. The van der Waals surface area contributed by atoms with Crippen molar-refractivity contribution >= 4 is 23.8 Å². The molecule has 260 valence electrons. The van der Waals surface area contributed by atoms with Crippen molar-refractivity contribution in [3.8, 4) is 0 Å². The van der Waals surface area contributed by atoms with E-state index in [0.717, 1.165) is 29.5 Å². The summed E-state index contributed by atoms with van der Waals surface area (Å²) in [6, 6.07) is 26.7. The lowest BCUT2D eigenvalue weighted by molar-refractivity contribution is -0.157. The molecule has 0 saturated carbocycles. The second-order valence-corrected chi connectivity index (χ2v) is 11.8. The fourth-order valence-corrected chi connectivity index (χ4v) is 5.32. The van der Waals surface area contributed by atoms with Crippen LogP contribution in [-0.2, 0) is 48.2 Å². The van der Waals surface area contributed by atoms with E-state index >= 15 is 0 Å². The number of unbranched alkanes of at least 4 members (excludes halogenated alkanes) is 1. The fraction of sp³-hybridized carbons (Fsp3) is 0.350. The van der Waals surface area contributed by atoms with E-state index in [4.69, 9.17) is 9.47 Å². The maximum Gasteiger partial charge on any atom is 0.332 e. The van der Waals surface area contributed by atoms with Crippen LogP contribution in [0.1, 0.15) is 48.8 Å². The van der Waals surface area contributed by atoms with Gasteiger partial charge in [-0.05, 0) is 48.8 Å². The summed E-state index contributed by atoms with van der Waals surface area (Å²) < 4.78 is 11.2. The number of rotatable bonds is 22. The zero-order chi connectivity index (χ0) is 35.3. The number of esters is 2. The van der Waals surface area contributed by atoms with Gasteiger partial charge in [0.25, 0.3) is 0 Å². The molecule has 0 aliphatic heterocycles. The van der Waals surface area contributed by atoms with Crippen molar-refractivity contribution in [3.63, 3.8) is 0 Å². The summed E-state index contributed by atoms with van der Waals surface area (Å²) in [6.07, 6.45) is 5.81. The second-order valence-electron chi connectivity index (χ2n) is 11.8. The Hall–Kier alpha value is -5.02. The highest BCUT2D eigenvalue weighted by Gasteiger charge is 2.31. The van der Waals surface area contributed by atoms with Crippen molar-refractivity contribution in [2.75, 3.05) is 19.8 Å². The first kappa shape index (κ1) is 38.4. The lowest BCUT2D eigenvalue weighted by Gasteiger charge is -2.25. The molecule has 9 heteroatoms. The summed E-state index contributed by atoms with van der Waals surface area (Å²) in [4.78, 5) is 55.3. The smallest absolute Gasteiger partial charge is 0.332 e. The first-order valence-electron chi connectivity index (χ1n) is 16.7. The number of benzene rings is 3. The number of carbonyl (C=O) groups is 4. The molecule has 0 heterocycles. The average Bonchev–Trinajstić information content (AvgIpc) is 3.12. The Morgan fingerprint density at radius 3 is 1.98 bits per heavy atom. The summed E-state index contributed by atoms with van der Waals surface area (Å²) >= 11 is 0. The number of hydrogen-bond donors (Lipinski definition) is 2. The SMILES string of the molecule is C=CCCC[C@H](Cc1ccccc1)C(=O)OC[C@@H](NC(=O)[C@@H](CC=C)CC(=O)N(CCO)Cc1ccccc1)C(=O)OCc1ccccc1. The molecular formula is C40H48N2O7. The molecule has 0 fully saturated rings. The highest BCUT2D eigenvalue weighted by molar-refractivity contribution is 5.89. The minimum atomic E-state index is -1.31. The third kappa shape index (κ3) is 13.9. The third-order valence-electron chi connectivity index (χ3n) is 8.02. The van der Waals surface area contributed by atoms with E-state index in [0.29, 0.717) is 12.8 Å². The predicted molar refractivity (Wildman–Crippen MR) is 189 cm³/mol. The van der Waals surface area contributed by atoms with Gasteiger partial charge >= 0.3 is 11.9 Å². The lowest BCUT2D eigenvalue weighted by Crippen LogP contribution is -2.48. The van der Waals surface area contributed by atoms with Crippen LogP contribution in [0.4, 0.5) is 0 Å². The van der Waals surface area contributed by atoms with Gasteiger partial charge in [0.2, 0.25) is 11.8 Å². The molecule has 3 rings (SSSR count). The molecule has 3 atom stereocenters. The van der Waals surface area contributed by atoms with Crippen LogP contribution >= 0.6 is 0 Å². The van der Waals surface area contributed by atoms with Gasteiger partial charge in [-0.2, -0.15) is 0 Å². The molecule has 0 aliphatic carbocycles. The van der Waals surface area contributed by atoms with E-state index in [1.165, 1.54) is 11.0 Å². The van der Waals surface area contributed by atoms with E-state index < -0.39 is 42.3 Å². The maximum atomic E-state index is 13.7. The van der Waals surface area contributed by atoms with Crippen LogP contribution in [0.25, 0.3) is 0 Å². The van der Waals surface area contributed by atoms with Crippen LogP contribution in [0.3, 0.4) is 0 Å². The molecule has 0 aliphatic rings. The minimum absolute atomic E-state index is 0.0393. The van der Waals surface area contributed by atoms with Crippen LogP contribution < -0.4 is 5.32 Å². The Morgan fingerprint density at radius 2 is 1.39 bits per heavy atom. The van der Waals surface area contributed by atoms with Crippen molar-refractivity contribution in [1.82, 2.24) is 10.2 Å². The Kier molecular flexibility index (Phi) is 17.1. The Morgan fingerprint density at radius 1 is 0.776 bits per heavy atom. The molecule has 0 aromatic heterocycles. The van der Waals surface area contributed by atoms with Crippen LogP contribution in [0.5, 0.6) is 0 Å². The molecule has 0 unspecified atom stereocenters. The number of ether oxygens (including phenoxy) is 2. The monoisotopic (exact) mass is 668 g/mol. The van der Waals surface area contributed by atoms with Crippen molar-refractivity contribution in [2.24, 2.45) is 11.8 Å². The van der Waals surface area contributed by atoms with Gasteiger partial charge in [-0.25, -0.2) is 4.79 Å². The number of amides is 2. The first-order chi connectivity index (χ1) is 23.8. The molecular weight excluding hydrogens is 620 g/mol. The third-order valence-corrected chi connectivity index (χ3v) is 8.02. The molecule has 0 spiro atoms. The Balaban J connectivity index is 1.74. The van der Waals surface area contributed by atoms with Crippen molar-refractivity contribution in [2.45, 2.75) is 57.7 Å². The van der Waals surface area contributed by atoms with Crippen molar-refractivity contribution in [3.05, 3.63) is 133 Å². The fourth-order valence-electron chi connectivity index (χ4n) is 5.32. The zero-order valence-corrected chi connectivity index (χ0v) is 28.1. The van der Waals surface area contributed by atoms with Gasteiger partial charge in [0.1, 0.15) is 13.2 Å². The van der Waals surface area contributed by atoms with Crippen LogP contribution in [-0.4, -0.2) is 59.6 Å². The summed E-state index contributed by atoms with van der Waals surface area (Å²) in [5, 5.41) is 12.3. The summed E-state index contributed by atoms with van der Waals surface area (Å²) in [7, 11) is 0. The summed E-state index contributed by atoms with van der Waals surface area (Å²) in [6.45, 7) is 7.16. The van der Waals surface area contributed by atoms with Gasteiger partial charge in [-0.15, -0.1) is 13.2 Å². The van der Waals surface area contributed by atoms with Crippen molar-refractivity contribution in [1.29, 1.82) is 0 Å². The van der Waals surface area contributed by atoms with Gasteiger partial charge < -0.3 is 24.8 Å². The molecule has 49 heavy (non-hydrogen) atoms. The summed E-state index contributed by atoms with van der Waals surface area (Å²) in [5.74, 6) is -3.51. The van der Waals surface area contributed by atoms with Gasteiger partial charge in [0, 0.05) is 19.5 Å². The maximum absolute atomic E-state index is 13.7. The minimum Gasteiger partial charge on any atom is -0.463 e. The van der Waals surface area contributed by atoms with Crippen LogP contribution in [0.2, 0.25) is 0 Å². The van der Waals surface area contributed by atoms with E-state index in [1.54, 1.807) is 18.2 Å². The lowest BCUT2D eigenvalue weighted by atomic mass is 9.94. The van der Waals surface area contributed by atoms with Crippen molar-refractivity contribution < 1.29 is 33.8 Å². The normalized spacial score (nSPS) is 12.5. The number of nitrogens with zero attached hydrogens (tertiary/aromatic N) is 1. The van der Waals surface area contributed by atoms with Gasteiger partial charge in [-0.3, -0.25) is 14.4 Å². The number of aliphatic hydroxyl groups excluding tert-OH is 1. The Labute approximate surface area is 289 Å². The molecule has 0 bridgehead atoms. The molecule has 0 saturated heterocycles. The number of allylic oxidation sites excluding steroid dienone is 2. The Bertz CT molecular complexity index is 1460. The van der Waals surface area contributed by atoms with Crippen LogP contribution in [0.15, 0.2) is 116 Å². The topological polar surface area (TPSA) is 122 Å². The molecule has 9 nitrogen and oxygen atoms in total. The number of hydrogen-bond acceptors (Lipinski definition) is 7. The molecule has 3 aromatic carbocycles. The van der Waals surface area contributed by atoms with E-state index in [-0.39, 0.29) is 45.1 Å². The average molecular weight is 669 g/mol. The number of nitrogens with one attached hydrogen (secondary N) is 1. The first-order valence-corrected chi connectivity index (χ1v) is 16.7. The largest absolute Gasteiger partial charge is 0.463 e. The highest BCUT2D eigenvalue weighted by atomic mass is 16.6. The van der Waals surface area contributed by atoms with Gasteiger partial charge in [0.05, 0.1) is 18.4 Å². The number of carbonyl (C=O) groups excluding carboxylic acids is 4. The zero-order valence-electron chi connectivity index (χ0n) is 28.1. The standard InChI is InChI=1S/C40H48N2O7/c1-3-5-9-23-35(26-31-17-10-6-11-18-31)39(46)49-30-36(40(47)48-29-33-21-14-8-15-22-33)41-38(45)34(16-4-2)27-37(44)42(24-25-43)28-32-19-12-7-13-20-32/h3-4,6-8,10-15,17-22,34-36,43H,1-2,5,9,16,23-30H2,(H,41,45)/t34-,35+,36+/m0/s1. The van der Waals surface area contributed by atoms with Crippen LogP contribution in [0, 0.1) is 11.8 Å². The quantitative estimate of drug-likeness (QED) is 0.0815. The molecule has 2 N–H and O–H groups in total.